The molecule has 0 bridgehead atoms. The molecule has 1 fully saturated rings. The second-order valence-electron chi connectivity index (χ2n) is 8.78. The number of nitriles is 1. The Balaban J connectivity index is 1.58. The van der Waals surface area contributed by atoms with Crippen molar-refractivity contribution < 1.29 is 4.74 Å². The summed E-state index contributed by atoms with van der Waals surface area (Å²) in [6.07, 6.45) is 5.96. The first kappa shape index (κ1) is 22.7. The monoisotopic (exact) mass is 468 g/mol. The van der Waals surface area contributed by atoms with Crippen molar-refractivity contribution in [3.05, 3.63) is 70.5 Å². The first-order chi connectivity index (χ1) is 15.3. The summed E-state index contributed by atoms with van der Waals surface area (Å²) >= 11 is 12.2. The van der Waals surface area contributed by atoms with Gasteiger partial charge in [0.05, 0.1) is 28.7 Å². The minimum atomic E-state index is -0.356. The molecule has 2 aromatic carbocycles. The first-order valence-electron chi connectivity index (χ1n) is 10.7. The Morgan fingerprint density at radius 3 is 2.53 bits per heavy atom. The molecular formula is C25H26Cl2N4O. The summed E-state index contributed by atoms with van der Waals surface area (Å²) < 4.78 is 7.61. The fraction of sp³-hybridized carbons (Fsp3) is 0.360. The van der Waals surface area contributed by atoms with Crippen molar-refractivity contribution in [3.8, 4) is 22.9 Å². The van der Waals surface area contributed by atoms with Crippen LogP contribution in [0, 0.1) is 11.3 Å². The lowest BCUT2D eigenvalue weighted by Crippen LogP contribution is -2.37. The Bertz CT molecular complexity index is 1140. The Morgan fingerprint density at radius 2 is 1.91 bits per heavy atom. The van der Waals surface area contributed by atoms with E-state index in [1.165, 1.54) is 0 Å². The average molecular weight is 469 g/mol. The highest BCUT2D eigenvalue weighted by Crippen LogP contribution is 2.39. The number of nitrogens with zero attached hydrogens (tertiary/aromatic N) is 3. The molecule has 1 aromatic heterocycles. The molecular weight excluding hydrogens is 443 g/mol. The van der Waals surface area contributed by atoms with Gasteiger partial charge >= 0.3 is 0 Å². The van der Waals surface area contributed by atoms with Gasteiger partial charge in [0.15, 0.2) is 5.75 Å². The van der Waals surface area contributed by atoms with Gasteiger partial charge in [0.25, 0.3) is 0 Å². The molecule has 7 heteroatoms. The van der Waals surface area contributed by atoms with Crippen molar-refractivity contribution in [2.24, 2.45) is 5.73 Å². The van der Waals surface area contributed by atoms with E-state index in [9.17, 15) is 5.26 Å². The maximum atomic E-state index is 9.61. The van der Waals surface area contributed by atoms with E-state index in [1.807, 2.05) is 23.0 Å². The zero-order chi connectivity index (χ0) is 22.9. The number of nitrogens with two attached hydrogens (primary N) is 1. The third kappa shape index (κ3) is 4.36. The predicted octanol–water partition coefficient (Wildman–Crippen LogP) is 5.68. The molecule has 1 heterocycles. The third-order valence-electron chi connectivity index (χ3n) is 6.27. The summed E-state index contributed by atoms with van der Waals surface area (Å²) in [4.78, 5) is 0. The predicted molar refractivity (Wildman–Crippen MR) is 128 cm³/mol. The van der Waals surface area contributed by atoms with Gasteiger partial charge < -0.3 is 10.5 Å². The van der Waals surface area contributed by atoms with E-state index in [1.54, 1.807) is 0 Å². The van der Waals surface area contributed by atoms with Crippen LogP contribution in [0.3, 0.4) is 0 Å². The van der Waals surface area contributed by atoms with E-state index in [0.29, 0.717) is 40.9 Å². The van der Waals surface area contributed by atoms with Gasteiger partial charge in [0, 0.05) is 23.2 Å². The molecule has 1 aliphatic carbocycles. The number of rotatable bonds is 7. The van der Waals surface area contributed by atoms with Crippen molar-refractivity contribution in [1.82, 2.24) is 9.78 Å². The Morgan fingerprint density at radius 1 is 1.19 bits per heavy atom. The van der Waals surface area contributed by atoms with Crippen molar-refractivity contribution in [3.63, 3.8) is 0 Å². The number of alkyl halides is 1. The van der Waals surface area contributed by atoms with Crippen LogP contribution in [0.2, 0.25) is 5.02 Å². The highest BCUT2D eigenvalue weighted by molar-refractivity contribution is 6.32. The standard InChI is InChI=1S/C25H26Cl2N4O/c1-25(2,20-9-17(13-28)24(23(27)10-20)32-8-7-26)19-5-3-16(4-6-19)18-14-30-31(15-18)22-11-21(29)12-22/h3-6,9-10,14-15,21-22H,7-8,11-12,29H2,1-2H3/t21-,22-. The third-order valence-corrected chi connectivity index (χ3v) is 6.71. The van der Waals surface area contributed by atoms with Crippen LogP contribution in [-0.2, 0) is 5.41 Å². The lowest BCUT2D eigenvalue weighted by Gasteiger charge is -2.32. The van der Waals surface area contributed by atoms with Gasteiger partial charge in [-0.25, -0.2) is 0 Å². The van der Waals surface area contributed by atoms with Crippen LogP contribution in [0.5, 0.6) is 5.75 Å². The molecule has 0 amide bonds. The molecule has 4 rings (SSSR count). The van der Waals surface area contributed by atoms with Crippen LogP contribution in [0.25, 0.3) is 11.1 Å². The first-order valence-corrected chi connectivity index (χ1v) is 11.6. The van der Waals surface area contributed by atoms with Crippen LogP contribution in [-0.4, -0.2) is 28.3 Å². The molecule has 166 valence electrons. The molecule has 0 saturated heterocycles. The lowest BCUT2D eigenvalue weighted by molar-refractivity contribution is 0.247. The highest BCUT2D eigenvalue weighted by atomic mass is 35.5. The van der Waals surface area contributed by atoms with E-state index in [0.717, 1.165) is 35.1 Å². The average Bonchev–Trinajstić information content (AvgIpc) is 3.25. The van der Waals surface area contributed by atoms with Crippen LogP contribution in [0.4, 0.5) is 0 Å². The van der Waals surface area contributed by atoms with Gasteiger partial charge in [-0.15, -0.1) is 11.6 Å². The summed E-state index contributed by atoms with van der Waals surface area (Å²) in [5, 5.41) is 14.5. The van der Waals surface area contributed by atoms with Gasteiger partial charge in [0.2, 0.25) is 0 Å². The Kier molecular flexibility index (Phi) is 6.48. The van der Waals surface area contributed by atoms with Crippen molar-refractivity contribution in [2.75, 3.05) is 12.5 Å². The minimum absolute atomic E-state index is 0.296. The number of hydrogen-bond donors (Lipinski definition) is 1. The zero-order valence-corrected chi connectivity index (χ0v) is 19.7. The minimum Gasteiger partial charge on any atom is -0.489 e. The van der Waals surface area contributed by atoms with Crippen LogP contribution in [0.1, 0.15) is 49.4 Å². The maximum absolute atomic E-state index is 9.61. The summed E-state index contributed by atoms with van der Waals surface area (Å²) in [6, 6.07) is 15.1. The second-order valence-corrected chi connectivity index (χ2v) is 9.57. The summed E-state index contributed by atoms with van der Waals surface area (Å²) in [5.74, 6) is 0.711. The van der Waals surface area contributed by atoms with E-state index in [-0.39, 0.29) is 5.41 Å². The van der Waals surface area contributed by atoms with Crippen LogP contribution < -0.4 is 10.5 Å². The Labute approximate surface area is 198 Å². The fourth-order valence-electron chi connectivity index (χ4n) is 4.10. The normalized spacial score (nSPS) is 18.1. The van der Waals surface area contributed by atoms with Crippen LogP contribution in [0.15, 0.2) is 48.8 Å². The van der Waals surface area contributed by atoms with E-state index in [4.69, 9.17) is 33.7 Å². The molecule has 3 aromatic rings. The molecule has 0 spiro atoms. The van der Waals surface area contributed by atoms with Gasteiger partial charge in [-0.2, -0.15) is 10.4 Å². The van der Waals surface area contributed by atoms with Crippen molar-refractivity contribution in [2.45, 2.75) is 44.2 Å². The number of aromatic nitrogens is 2. The SMILES string of the molecule is CC(C)(c1ccc(-c2cnn([C@H]3C[C@H](N)C3)c2)cc1)c1cc(Cl)c(OCCCl)c(C#N)c1. The fourth-order valence-corrected chi connectivity index (χ4v) is 4.45. The molecule has 1 saturated carbocycles. The van der Waals surface area contributed by atoms with Gasteiger partial charge in [-0.05, 0) is 41.7 Å². The topological polar surface area (TPSA) is 76.9 Å². The molecule has 0 aliphatic heterocycles. The second kappa shape index (κ2) is 9.15. The number of halogens is 2. The van der Waals surface area contributed by atoms with Gasteiger partial charge in [-0.1, -0.05) is 49.7 Å². The van der Waals surface area contributed by atoms with E-state index >= 15 is 0 Å². The quantitative estimate of drug-likeness (QED) is 0.452. The number of hydrogen-bond acceptors (Lipinski definition) is 4. The van der Waals surface area contributed by atoms with E-state index < -0.39 is 0 Å². The number of ether oxygens (including phenoxy) is 1. The van der Waals surface area contributed by atoms with Crippen molar-refractivity contribution in [1.29, 1.82) is 5.26 Å². The molecule has 0 radical (unpaired) electrons. The van der Waals surface area contributed by atoms with E-state index in [2.05, 4.69) is 55.5 Å². The summed E-state index contributed by atoms with van der Waals surface area (Å²) in [5.41, 5.74) is 10.2. The summed E-state index contributed by atoms with van der Waals surface area (Å²) in [6.45, 7) is 4.53. The molecule has 32 heavy (non-hydrogen) atoms. The largest absolute Gasteiger partial charge is 0.489 e. The summed E-state index contributed by atoms with van der Waals surface area (Å²) in [7, 11) is 0. The van der Waals surface area contributed by atoms with Gasteiger partial charge in [-0.3, -0.25) is 4.68 Å². The Hall–Kier alpha value is -2.52. The highest BCUT2D eigenvalue weighted by Gasteiger charge is 2.28. The lowest BCUT2D eigenvalue weighted by atomic mass is 9.77. The molecule has 1 aliphatic rings. The molecule has 2 N–H and O–H groups in total. The molecule has 5 nitrogen and oxygen atoms in total. The van der Waals surface area contributed by atoms with Gasteiger partial charge in [0.1, 0.15) is 12.7 Å². The van der Waals surface area contributed by atoms with Crippen molar-refractivity contribution >= 4 is 23.2 Å². The smallest absolute Gasteiger partial charge is 0.155 e. The molecule has 0 unspecified atom stereocenters. The zero-order valence-electron chi connectivity index (χ0n) is 18.2. The van der Waals surface area contributed by atoms with Crippen LogP contribution >= 0.6 is 23.2 Å². The number of benzene rings is 2. The maximum Gasteiger partial charge on any atom is 0.155 e. The molecule has 0 atom stereocenters.